The summed E-state index contributed by atoms with van der Waals surface area (Å²) in [6, 6.07) is 5.84. The molecule has 0 saturated carbocycles. The first-order valence-electron chi connectivity index (χ1n) is 6.28. The number of urea groups is 1. The van der Waals surface area contributed by atoms with Crippen molar-refractivity contribution in [1.29, 1.82) is 0 Å². The van der Waals surface area contributed by atoms with E-state index in [0.29, 0.717) is 24.7 Å². The van der Waals surface area contributed by atoms with Crippen molar-refractivity contribution in [3.8, 4) is 0 Å². The molecule has 0 aliphatic heterocycles. The van der Waals surface area contributed by atoms with E-state index in [9.17, 15) is 9.18 Å². The Morgan fingerprint density at radius 2 is 2.10 bits per heavy atom. The Bertz CT molecular complexity index is 588. The Labute approximate surface area is 125 Å². The van der Waals surface area contributed by atoms with E-state index in [-0.39, 0.29) is 11.8 Å². The summed E-state index contributed by atoms with van der Waals surface area (Å²) in [5.41, 5.74) is 0.934. The van der Waals surface area contributed by atoms with Gasteiger partial charge in [0.05, 0.1) is 6.61 Å². The van der Waals surface area contributed by atoms with Gasteiger partial charge in [-0.15, -0.1) is 10.2 Å². The van der Waals surface area contributed by atoms with Crippen LogP contribution in [0.25, 0.3) is 0 Å². The quantitative estimate of drug-likeness (QED) is 0.801. The van der Waals surface area contributed by atoms with Gasteiger partial charge in [0.2, 0.25) is 5.13 Å². The second kappa shape index (κ2) is 7.65. The minimum Gasteiger partial charge on any atom is -0.383 e. The fourth-order valence-corrected chi connectivity index (χ4v) is 2.33. The number of benzene rings is 1. The minimum atomic E-state index is -0.350. The largest absolute Gasteiger partial charge is 0.383 e. The van der Waals surface area contributed by atoms with Crippen molar-refractivity contribution >= 4 is 22.5 Å². The summed E-state index contributed by atoms with van der Waals surface area (Å²) in [5.74, 6) is -0.272. The molecule has 0 aliphatic carbocycles. The Morgan fingerprint density at radius 3 is 2.81 bits per heavy atom. The molecule has 0 atom stereocenters. The number of carbonyl (C=O) groups is 1. The van der Waals surface area contributed by atoms with Crippen LogP contribution in [0.4, 0.5) is 14.3 Å². The van der Waals surface area contributed by atoms with Gasteiger partial charge in [-0.3, -0.25) is 5.32 Å². The number of amides is 2. The molecule has 0 saturated heterocycles. The first-order chi connectivity index (χ1) is 10.2. The Hall–Kier alpha value is -2.06. The lowest BCUT2D eigenvalue weighted by molar-refractivity contribution is 0.198. The third-order valence-corrected chi connectivity index (χ3v) is 3.39. The van der Waals surface area contributed by atoms with Gasteiger partial charge in [-0.2, -0.15) is 0 Å². The minimum absolute atomic E-state index is 0.272. The molecule has 2 aromatic rings. The molecule has 0 radical (unpaired) electrons. The number of aromatic nitrogens is 2. The van der Waals surface area contributed by atoms with Crippen molar-refractivity contribution in [2.45, 2.75) is 6.42 Å². The second-order valence-electron chi connectivity index (χ2n) is 4.18. The van der Waals surface area contributed by atoms with Gasteiger partial charge in [-0.25, -0.2) is 9.18 Å². The number of methoxy groups -OCH3 is 1. The molecule has 0 aliphatic rings. The van der Waals surface area contributed by atoms with Crippen LogP contribution in [-0.4, -0.2) is 36.5 Å². The molecule has 0 unspecified atom stereocenters. The number of ether oxygens (including phenoxy) is 1. The molecule has 0 fully saturated rings. The predicted octanol–water partition coefficient (Wildman–Crippen LogP) is 2.04. The molecular formula is C13H15FN4O2S. The maximum atomic E-state index is 12.8. The molecule has 1 aromatic heterocycles. The standard InChI is InChI=1S/C13H15FN4O2S/c1-20-7-6-15-12(19)16-13-18-17-11(21-13)8-9-2-4-10(14)5-3-9/h2-5H,6-8H2,1H3,(H2,15,16,18,19). The summed E-state index contributed by atoms with van der Waals surface area (Å²) in [5, 5.41) is 14.3. The van der Waals surface area contributed by atoms with Crippen molar-refractivity contribution in [1.82, 2.24) is 15.5 Å². The third-order valence-electron chi connectivity index (χ3n) is 2.55. The average molecular weight is 310 g/mol. The smallest absolute Gasteiger partial charge is 0.321 e. The normalized spacial score (nSPS) is 10.4. The van der Waals surface area contributed by atoms with E-state index in [2.05, 4.69) is 20.8 Å². The van der Waals surface area contributed by atoms with E-state index < -0.39 is 0 Å². The van der Waals surface area contributed by atoms with Crippen LogP contribution in [0.2, 0.25) is 0 Å². The van der Waals surface area contributed by atoms with Crippen LogP contribution in [0.1, 0.15) is 10.6 Å². The summed E-state index contributed by atoms with van der Waals surface area (Å²) in [6.07, 6.45) is 0.547. The molecule has 21 heavy (non-hydrogen) atoms. The lowest BCUT2D eigenvalue weighted by Gasteiger charge is -2.03. The number of carbonyl (C=O) groups excluding carboxylic acids is 1. The number of anilines is 1. The van der Waals surface area contributed by atoms with Gasteiger partial charge >= 0.3 is 6.03 Å². The molecule has 2 N–H and O–H groups in total. The van der Waals surface area contributed by atoms with Crippen molar-refractivity contribution in [3.05, 3.63) is 40.7 Å². The highest BCUT2D eigenvalue weighted by Crippen LogP contribution is 2.18. The Morgan fingerprint density at radius 1 is 1.33 bits per heavy atom. The van der Waals surface area contributed by atoms with Crippen molar-refractivity contribution in [3.63, 3.8) is 0 Å². The lowest BCUT2D eigenvalue weighted by Crippen LogP contribution is -2.31. The van der Waals surface area contributed by atoms with Crippen LogP contribution in [0, 0.1) is 5.82 Å². The van der Waals surface area contributed by atoms with E-state index in [4.69, 9.17) is 4.74 Å². The zero-order valence-corrected chi connectivity index (χ0v) is 12.2. The molecule has 0 bridgehead atoms. The van der Waals surface area contributed by atoms with Crippen LogP contribution >= 0.6 is 11.3 Å². The molecule has 112 valence electrons. The fraction of sp³-hybridized carbons (Fsp3) is 0.308. The number of hydrogen-bond donors (Lipinski definition) is 2. The maximum Gasteiger partial charge on any atom is 0.321 e. The van der Waals surface area contributed by atoms with Crippen molar-refractivity contribution in [2.24, 2.45) is 0 Å². The number of halogens is 1. The van der Waals surface area contributed by atoms with Crippen LogP contribution in [0.3, 0.4) is 0 Å². The topological polar surface area (TPSA) is 76.1 Å². The van der Waals surface area contributed by atoms with Gasteiger partial charge in [-0.05, 0) is 17.7 Å². The predicted molar refractivity (Wildman–Crippen MR) is 78.0 cm³/mol. The lowest BCUT2D eigenvalue weighted by atomic mass is 10.2. The summed E-state index contributed by atoms with van der Waals surface area (Å²) in [6.45, 7) is 0.864. The number of rotatable bonds is 6. The molecule has 2 rings (SSSR count). The number of hydrogen-bond acceptors (Lipinski definition) is 5. The zero-order valence-electron chi connectivity index (χ0n) is 11.4. The van der Waals surface area contributed by atoms with Crippen molar-refractivity contribution < 1.29 is 13.9 Å². The monoisotopic (exact) mass is 310 g/mol. The van der Waals surface area contributed by atoms with E-state index in [1.54, 1.807) is 19.2 Å². The number of nitrogens with one attached hydrogen (secondary N) is 2. The Balaban J connectivity index is 1.86. The average Bonchev–Trinajstić information content (AvgIpc) is 2.89. The van der Waals surface area contributed by atoms with Crippen molar-refractivity contribution in [2.75, 3.05) is 25.6 Å². The highest BCUT2D eigenvalue weighted by molar-refractivity contribution is 7.15. The molecule has 1 aromatic carbocycles. The Kier molecular flexibility index (Phi) is 5.59. The first kappa shape index (κ1) is 15.3. The molecule has 8 heteroatoms. The van der Waals surface area contributed by atoms with Gasteiger partial charge in [-0.1, -0.05) is 23.5 Å². The van der Waals surface area contributed by atoms with Crippen LogP contribution in [-0.2, 0) is 11.2 Å². The molecule has 2 amide bonds. The SMILES string of the molecule is COCCNC(=O)Nc1nnc(Cc2ccc(F)cc2)s1. The fourth-order valence-electron chi connectivity index (χ4n) is 1.56. The molecule has 0 spiro atoms. The summed E-state index contributed by atoms with van der Waals surface area (Å²) in [7, 11) is 1.56. The van der Waals surface area contributed by atoms with Gasteiger partial charge in [0, 0.05) is 20.1 Å². The van der Waals surface area contributed by atoms with Crippen LogP contribution in [0.5, 0.6) is 0 Å². The highest BCUT2D eigenvalue weighted by Gasteiger charge is 2.08. The van der Waals surface area contributed by atoms with Gasteiger partial charge < -0.3 is 10.1 Å². The van der Waals surface area contributed by atoms with E-state index in [1.807, 2.05) is 0 Å². The van der Waals surface area contributed by atoms with Crippen LogP contribution < -0.4 is 10.6 Å². The maximum absolute atomic E-state index is 12.8. The number of nitrogens with zero attached hydrogens (tertiary/aromatic N) is 2. The van der Waals surface area contributed by atoms with E-state index in [0.717, 1.165) is 10.6 Å². The third kappa shape index (κ3) is 5.09. The van der Waals surface area contributed by atoms with Gasteiger partial charge in [0.25, 0.3) is 0 Å². The van der Waals surface area contributed by atoms with E-state index in [1.165, 1.54) is 23.5 Å². The van der Waals surface area contributed by atoms with Gasteiger partial charge in [0.15, 0.2) is 0 Å². The molecular weight excluding hydrogens is 295 g/mol. The summed E-state index contributed by atoms with van der Waals surface area (Å²) in [4.78, 5) is 11.5. The molecule has 1 heterocycles. The van der Waals surface area contributed by atoms with E-state index >= 15 is 0 Å². The summed E-state index contributed by atoms with van der Waals surface area (Å²) < 4.78 is 17.6. The van der Waals surface area contributed by atoms with Gasteiger partial charge in [0.1, 0.15) is 10.8 Å². The van der Waals surface area contributed by atoms with Crippen LogP contribution in [0.15, 0.2) is 24.3 Å². The summed E-state index contributed by atoms with van der Waals surface area (Å²) >= 11 is 1.28. The highest BCUT2D eigenvalue weighted by atomic mass is 32.1. The second-order valence-corrected chi connectivity index (χ2v) is 5.24. The zero-order chi connectivity index (χ0) is 15.1. The first-order valence-corrected chi connectivity index (χ1v) is 7.09. The molecule has 6 nitrogen and oxygen atoms in total.